The van der Waals surface area contributed by atoms with Gasteiger partial charge in [-0.3, -0.25) is 4.79 Å². The van der Waals surface area contributed by atoms with E-state index in [-0.39, 0.29) is 12.3 Å². The summed E-state index contributed by atoms with van der Waals surface area (Å²) in [6.07, 6.45) is 0. The molecule has 8 nitrogen and oxygen atoms in total. The van der Waals surface area contributed by atoms with Gasteiger partial charge in [0.15, 0.2) is 0 Å². The van der Waals surface area contributed by atoms with Gasteiger partial charge in [-0.25, -0.2) is 13.1 Å². The molecule has 23 heavy (non-hydrogen) atoms. The molecule has 0 saturated carbocycles. The molecule has 2 N–H and O–H groups in total. The zero-order chi connectivity index (χ0) is 17.3. The van der Waals surface area contributed by atoms with Crippen molar-refractivity contribution >= 4 is 15.9 Å². The molecule has 0 spiro atoms. The summed E-state index contributed by atoms with van der Waals surface area (Å²) in [5, 5.41) is 2.53. The van der Waals surface area contributed by atoms with Crippen LogP contribution in [-0.4, -0.2) is 55.4 Å². The number of methoxy groups -OCH3 is 3. The van der Waals surface area contributed by atoms with Gasteiger partial charge in [0.25, 0.3) is 0 Å². The second-order valence-corrected chi connectivity index (χ2v) is 6.41. The molecule has 0 aliphatic heterocycles. The third-order valence-electron chi connectivity index (χ3n) is 2.92. The number of carbonyl (C=O) groups excluding carboxylic acids is 1. The van der Waals surface area contributed by atoms with Crippen molar-refractivity contribution in [3.8, 4) is 11.5 Å². The van der Waals surface area contributed by atoms with Crippen molar-refractivity contribution in [3.63, 3.8) is 0 Å². The van der Waals surface area contributed by atoms with Crippen LogP contribution in [0.1, 0.15) is 5.56 Å². The number of hydrogen-bond acceptors (Lipinski definition) is 6. The lowest BCUT2D eigenvalue weighted by Gasteiger charge is -2.11. The van der Waals surface area contributed by atoms with E-state index in [0.717, 1.165) is 0 Å². The van der Waals surface area contributed by atoms with Gasteiger partial charge >= 0.3 is 0 Å². The maximum Gasteiger partial charge on any atom is 0.235 e. The van der Waals surface area contributed by atoms with Crippen molar-refractivity contribution in [2.75, 3.05) is 41.0 Å². The minimum Gasteiger partial charge on any atom is -0.497 e. The van der Waals surface area contributed by atoms with Crippen LogP contribution < -0.4 is 19.5 Å². The van der Waals surface area contributed by atoms with E-state index in [1.54, 1.807) is 18.2 Å². The second kappa shape index (κ2) is 9.33. The van der Waals surface area contributed by atoms with Crippen molar-refractivity contribution in [1.82, 2.24) is 10.0 Å². The molecular formula is C14H22N2O6S. The van der Waals surface area contributed by atoms with E-state index < -0.39 is 15.9 Å². The Balaban J connectivity index is 2.63. The van der Waals surface area contributed by atoms with Gasteiger partial charge < -0.3 is 19.5 Å². The third-order valence-corrected chi connectivity index (χ3v) is 4.20. The monoisotopic (exact) mass is 346 g/mol. The maximum atomic E-state index is 12.1. The molecule has 0 fully saturated rings. The Kier molecular flexibility index (Phi) is 7.79. The zero-order valence-electron chi connectivity index (χ0n) is 13.4. The first-order valence-electron chi connectivity index (χ1n) is 6.85. The Morgan fingerprint density at radius 1 is 1.17 bits per heavy atom. The van der Waals surface area contributed by atoms with Gasteiger partial charge in [0.1, 0.15) is 11.5 Å². The summed E-state index contributed by atoms with van der Waals surface area (Å²) in [5.74, 6) is 0.242. The second-order valence-electron chi connectivity index (χ2n) is 4.60. The summed E-state index contributed by atoms with van der Waals surface area (Å²) in [4.78, 5) is 11.5. The number of amides is 1. The van der Waals surface area contributed by atoms with Gasteiger partial charge in [0.05, 0.1) is 33.1 Å². The van der Waals surface area contributed by atoms with Gasteiger partial charge in [0.2, 0.25) is 15.9 Å². The van der Waals surface area contributed by atoms with Gasteiger partial charge in [-0.05, 0) is 6.07 Å². The molecule has 0 unspecified atom stereocenters. The van der Waals surface area contributed by atoms with Gasteiger partial charge in [-0.1, -0.05) is 6.07 Å². The number of carbonyl (C=O) groups is 1. The number of benzene rings is 1. The maximum absolute atomic E-state index is 12.1. The first-order valence-corrected chi connectivity index (χ1v) is 8.51. The van der Waals surface area contributed by atoms with Crippen molar-refractivity contribution in [1.29, 1.82) is 0 Å². The standard InChI is InChI=1S/C14H22N2O6S/c1-20-7-6-15-14(17)9-16-23(18,19)10-11-4-5-12(21-2)8-13(11)22-3/h4-5,8,16H,6-7,9-10H2,1-3H3,(H,15,17). The van der Waals surface area contributed by atoms with Gasteiger partial charge in [-0.2, -0.15) is 0 Å². The molecule has 0 aromatic heterocycles. The number of ether oxygens (including phenoxy) is 3. The van der Waals surface area contributed by atoms with Crippen molar-refractivity contribution < 1.29 is 27.4 Å². The van der Waals surface area contributed by atoms with Crippen LogP contribution in [0.2, 0.25) is 0 Å². The molecule has 130 valence electrons. The van der Waals surface area contributed by atoms with Crippen molar-refractivity contribution in [2.24, 2.45) is 0 Å². The van der Waals surface area contributed by atoms with Crippen LogP contribution in [0, 0.1) is 0 Å². The van der Waals surface area contributed by atoms with E-state index in [1.807, 2.05) is 0 Å². The van der Waals surface area contributed by atoms with Crippen LogP contribution in [0.15, 0.2) is 18.2 Å². The molecule has 0 bridgehead atoms. The fraction of sp³-hybridized carbons (Fsp3) is 0.500. The Labute approximate surface area is 136 Å². The molecule has 1 aromatic carbocycles. The first-order chi connectivity index (χ1) is 10.9. The molecule has 1 rings (SSSR count). The molecule has 0 saturated heterocycles. The van der Waals surface area contributed by atoms with Crippen LogP contribution in [0.4, 0.5) is 0 Å². The highest BCUT2D eigenvalue weighted by Crippen LogP contribution is 2.25. The SMILES string of the molecule is COCCNC(=O)CNS(=O)(=O)Cc1ccc(OC)cc1OC. The Bertz CT molecular complexity index is 618. The minimum absolute atomic E-state index is 0.300. The number of hydrogen-bond donors (Lipinski definition) is 2. The Morgan fingerprint density at radius 3 is 2.52 bits per heavy atom. The Morgan fingerprint density at radius 2 is 1.91 bits per heavy atom. The molecule has 0 heterocycles. The van der Waals surface area contributed by atoms with Crippen LogP contribution in [-0.2, 0) is 25.3 Å². The van der Waals surface area contributed by atoms with E-state index in [4.69, 9.17) is 14.2 Å². The predicted molar refractivity (Wildman–Crippen MR) is 85.1 cm³/mol. The van der Waals surface area contributed by atoms with Crippen LogP contribution in [0.25, 0.3) is 0 Å². The zero-order valence-corrected chi connectivity index (χ0v) is 14.2. The molecular weight excluding hydrogens is 324 g/mol. The van der Waals surface area contributed by atoms with Gasteiger partial charge in [-0.15, -0.1) is 0 Å². The summed E-state index contributed by atoms with van der Waals surface area (Å²) in [7, 11) is 0.791. The van der Waals surface area contributed by atoms with Crippen molar-refractivity contribution in [2.45, 2.75) is 5.75 Å². The highest BCUT2D eigenvalue weighted by Gasteiger charge is 2.16. The highest BCUT2D eigenvalue weighted by atomic mass is 32.2. The largest absolute Gasteiger partial charge is 0.497 e. The number of sulfonamides is 1. The number of rotatable bonds is 10. The normalized spacial score (nSPS) is 11.1. The van der Waals surface area contributed by atoms with Gasteiger partial charge in [0, 0.05) is 25.3 Å². The van der Waals surface area contributed by atoms with E-state index in [9.17, 15) is 13.2 Å². The smallest absolute Gasteiger partial charge is 0.235 e. The summed E-state index contributed by atoms with van der Waals surface area (Å²) in [6, 6.07) is 4.85. The summed E-state index contributed by atoms with van der Waals surface area (Å²) in [5.41, 5.74) is 0.473. The average molecular weight is 346 g/mol. The van der Waals surface area contributed by atoms with E-state index in [1.165, 1.54) is 21.3 Å². The first kappa shape index (κ1) is 19.2. The summed E-state index contributed by atoms with van der Waals surface area (Å²) >= 11 is 0. The van der Waals surface area contributed by atoms with E-state index in [0.29, 0.717) is 30.2 Å². The topological polar surface area (TPSA) is 103 Å². The van der Waals surface area contributed by atoms with Crippen LogP contribution in [0.3, 0.4) is 0 Å². The molecule has 0 aliphatic rings. The predicted octanol–water partition coefficient (Wildman–Crippen LogP) is -0.114. The lowest BCUT2D eigenvalue weighted by molar-refractivity contribution is -0.120. The molecule has 0 atom stereocenters. The fourth-order valence-electron chi connectivity index (χ4n) is 1.76. The Hall–Kier alpha value is -1.84. The molecule has 1 amide bonds. The quantitative estimate of drug-likeness (QED) is 0.573. The summed E-state index contributed by atoms with van der Waals surface area (Å²) in [6.45, 7) is 0.357. The van der Waals surface area contributed by atoms with Crippen LogP contribution >= 0.6 is 0 Å². The number of nitrogens with one attached hydrogen (secondary N) is 2. The van der Waals surface area contributed by atoms with E-state index in [2.05, 4.69) is 10.0 Å². The minimum atomic E-state index is -3.68. The van der Waals surface area contributed by atoms with Crippen molar-refractivity contribution in [3.05, 3.63) is 23.8 Å². The lowest BCUT2D eigenvalue weighted by Crippen LogP contribution is -2.38. The molecule has 1 aromatic rings. The molecule has 9 heteroatoms. The summed E-state index contributed by atoms with van der Waals surface area (Å²) < 4.78 is 41.4. The third kappa shape index (κ3) is 6.85. The fourth-order valence-corrected chi connectivity index (χ4v) is 2.86. The molecule has 0 aliphatic carbocycles. The molecule has 0 radical (unpaired) electrons. The lowest BCUT2D eigenvalue weighted by atomic mass is 10.2. The van der Waals surface area contributed by atoms with Crippen LogP contribution in [0.5, 0.6) is 11.5 Å². The average Bonchev–Trinajstić information content (AvgIpc) is 2.53. The van der Waals surface area contributed by atoms with E-state index >= 15 is 0 Å². The highest BCUT2D eigenvalue weighted by molar-refractivity contribution is 7.88.